The Balaban J connectivity index is 1.90. The molecule has 0 atom stereocenters. The van der Waals surface area contributed by atoms with Crippen molar-refractivity contribution in [1.29, 1.82) is 0 Å². The van der Waals surface area contributed by atoms with E-state index < -0.39 is 0 Å². The van der Waals surface area contributed by atoms with E-state index in [-0.39, 0.29) is 17.4 Å². The predicted molar refractivity (Wildman–Crippen MR) is 80.4 cm³/mol. The van der Waals surface area contributed by atoms with E-state index >= 15 is 0 Å². The van der Waals surface area contributed by atoms with Crippen molar-refractivity contribution in [1.82, 2.24) is 5.32 Å². The first-order chi connectivity index (χ1) is 8.97. The van der Waals surface area contributed by atoms with Crippen LogP contribution in [0.25, 0.3) is 0 Å². The van der Waals surface area contributed by atoms with Crippen molar-refractivity contribution < 1.29 is 9.84 Å². The first kappa shape index (κ1) is 15.0. The molecule has 19 heavy (non-hydrogen) atoms. The average Bonchev–Trinajstić information content (AvgIpc) is 2.32. The molecule has 0 amide bonds. The van der Waals surface area contributed by atoms with Crippen LogP contribution in [-0.2, 0) is 10.2 Å². The van der Waals surface area contributed by atoms with E-state index in [2.05, 4.69) is 53.3 Å². The lowest BCUT2D eigenvalue weighted by molar-refractivity contribution is -0.134. The number of benzene rings is 1. The highest BCUT2D eigenvalue weighted by atomic mass is 79.9. The number of aliphatic hydroxyl groups excluding tert-OH is 1. The Kier molecular flexibility index (Phi) is 4.66. The fourth-order valence-electron chi connectivity index (χ4n) is 2.29. The maximum atomic E-state index is 9.39. The minimum Gasteiger partial charge on any atom is -0.396 e. The number of ether oxygens (including phenoxy) is 1. The molecular weight excluding hydrogens is 306 g/mol. The minimum absolute atomic E-state index is 0.0605. The highest BCUT2D eigenvalue weighted by molar-refractivity contribution is 9.10. The Morgan fingerprint density at radius 2 is 2.16 bits per heavy atom. The molecule has 0 spiro atoms. The van der Waals surface area contributed by atoms with Gasteiger partial charge in [0.25, 0.3) is 0 Å². The van der Waals surface area contributed by atoms with Crippen molar-refractivity contribution in [2.75, 3.05) is 32.9 Å². The van der Waals surface area contributed by atoms with Gasteiger partial charge in [-0.15, -0.1) is 0 Å². The first-order valence-electron chi connectivity index (χ1n) is 6.63. The lowest BCUT2D eigenvalue weighted by Crippen LogP contribution is -2.53. The van der Waals surface area contributed by atoms with E-state index in [1.807, 2.05) is 6.07 Å². The van der Waals surface area contributed by atoms with Gasteiger partial charge in [-0.1, -0.05) is 41.9 Å². The zero-order chi connectivity index (χ0) is 13.9. The van der Waals surface area contributed by atoms with Crippen LogP contribution in [-0.4, -0.2) is 38.0 Å². The van der Waals surface area contributed by atoms with Crippen molar-refractivity contribution >= 4 is 15.9 Å². The van der Waals surface area contributed by atoms with Crippen LogP contribution in [0.3, 0.4) is 0 Å². The monoisotopic (exact) mass is 327 g/mol. The second kappa shape index (κ2) is 5.92. The second-order valence-corrected chi connectivity index (χ2v) is 7.06. The smallest absolute Gasteiger partial charge is 0.0579 e. The summed E-state index contributed by atoms with van der Waals surface area (Å²) in [4.78, 5) is 0. The van der Waals surface area contributed by atoms with Crippen LogP contribution >= 0.6 is 15.9 Å². The molecule has 0 aliphatic carbocycles. The van der Waals surface area contributed by atoms with Crippen molar-refractivity contribution in [2.45, 2.75) is 19.3 Å². The summed E-state index contributed by atoms with van der Waals surface area (Å²) in [6.45, 7) is 7.65. The van der Waals surface area contributed by atoms with Crippen LogP contribution in [0, 0.1) is 5.41 Å². The summed E-state index contributed by atoms with van der Waals surface area (Å²) in [7, 11) is 0. The van der Waals surface area contributed by atoms with Crippen LogP contribution in [0.1, 0.15) is 19.4 Å². The maximum Gasteiger partial charge on any atom is 0.0579 e. The third-order valence-electron chi connectivity index (χ3n) is 3.82. The molecule has 4 heteroatoms. The molecular formula is C15H22BrNO2. The summed E-state index contributed by atoms with van der Waals surface area (Å²) in [6.07, 6.45) is 0. The van der Waals surface area contributed by atoms with Gasteiger partial charge in [-0.25, -0.2) is 0 Å². The fourth-order valence-corrected chi connectivity index (χ4v) is 2.69. The minimum atomic E-state index is -0.0622. The molecule has 0 bridgehead atoms. The molecule has 0 aromatic heterocycles. The first-order valence-corrected chi connectivity index (χ1v) is 7.42. The molecule has 1 saturated heterocycles. The Morgan fingerprint density at radius 1 is 1.42 bits per heavy atom. The van der Waals surface area contributed by atoms with Gasteiger partial charge in [0, 0.05) is 23.0 Å². The predicted octanol–water partition coefficient (Wildman–Crippen LogP) is 2.33. The molecule has 1 fully saturated rings. The van der Waals surface area contributed by atoms with Gasteiger partial charge < -0.3 is 15.2 Å². The van der Waals surface area contributed by atoms with E-state index in [4.69, 9.17) is 4.74 Å². The van der Waals surface area contributed by atoms with Crippen LogP contribution in [0.15, 0.2) is 28.7 Å². The molecule has 0 unspecified atom stereocenters. The lowest BCUT2D eigenvalue weighted by Gasteiger charge is -2.40. The summed E-state index contributed by atoms with van der Waals surface area (Å²) >= 11 is 3.52. The molecule has 2 N–H and O–H groups in total. The zero-order valence-electron chi connectivity index (χ0n) is 11.6. The molecule has 1 heterocycles. The van der Waals surface area contributed by atoms with E-state index in [0.29, 0.717) is 13.2 Å². The van der Waals surface area contributed by atoms with E-state index in [0.717, 1.165) is 17.6 Å². The molecule has 3 nitrogen and oxygen atoms in total. The highest BCUT2D eigenvalue weighted by Crippen LogP contribution is 2.28. The van der Waals surface area contributed by atoms with E-state index in [1.54, 1.807) is 0 Å². The number of aliphatic hydroxyl groups is 1. The molecule has 1 aromatic rings. The molecule has 1 aliphatic heterocycles. The molecule has 106 valence electrons. The topological polar surface area (TPSA) is 41.5 Å². The lowest BCUT2D eigenvalue weighted by atomic mass is 9.83. The Bertz CT molecular complexity index is 424. The third-order valence-corrected chi connectivity index (χ3v) is 4.32. The average molecular weight is 328 g/mol. The van der Waals surface area contributed by atoms with Gasteiger partial charge in [0.15, 0.2) is 0 Å². The highest BCUT2D eigenvalue weighted by Gasteiger charge is 2.38. The molecule has 0 radical (unpaired) electrons. The van der Waals surface area contributed by atoms with Crippen molar-refractivity contribution in [3.63, 3.8) is 0 Å². The van der Waals surface area contributed by atoms with Gasteiger partial charge in [-0.2, -0.15) is 0 Å². The van der Waals surface area contributed by atoms with Crippen molar-refractivity contribution in [3.8, 4) is 0 Å². The molecule has 0 saturated carbocycles. The SMILES string of the molecule is CC(C)(CNCC1(CO)COC1)c1cccc(Br)c1. The fraction of sp³-hybridized carbons (Fsp3) is 0.600. The number of halogens is 1. The quantitative estimate of drug-likeness (QED) is 0.842. The maximum absolute atomic E-state index is 9.39. The normalized spacial score (nSPS) is 18.1. The largest absolute Gasteiger partial charge is 0.396 e. The summed E-state index contributed by atoms with van der Waals surface area (Å²) in [5.74, 6) is 0. The zero-order valence-corrected chi connectivity index (χ0v) is 13.2. The molecule has 2 rings (SSSR count). The van der Waals surface area contributed by atoms with Crippen LogP contribution in [0.5, 0.6) is 0 Å². The van der Waals surface area contributed by atoms with Gasteiger partial charge in [0.2, 0.25) is 0 Å². The Hall–Kier alpha value is -0.420. The van der Waals surface area contributed by atoms with Gasteiger partial charge >= 0.3 is 0 Å². The number of rotatable bonds is 6. The van der Waals surface area contributed by atoms with E-state index in [9.17, 15) is 5.11 Å². The van der Waals surface area contributed by atoms with Crippen LogP contribution < -0.4 is 5.32 Å². The summed E-state index contributed by atoms with van der Waals surface area (Å²) in [5, 5.41) is 12.9. The van der Waals surface area contributed by atoms with Gasteiger partial charge in [-0.3, -0.25) is 0 Å². The number of nitrogens with one attached hydrogen (secondary N) is 1. The van der Waals surface area contributed by atoms with Gasteiger partial charge in [0.05, 0.1) is 25.2 Å². The van der Waals surface area contributed by atoms with Crippen molar-refractivity contribution in [2.24, 2.45) is 5.41 Å². The van der Waals surface area contributed by atoms with Crippen molar-refractivity contribution in [3.05, 3.63) is 34.3 Å². The van der Waals surface area contributed by atoms with Crippen LogP contribution in [0.2, 0.25) is 0 Å². The van der Waals surface area contributed by atoms with E-state index in [1.165, 1.54) is 5.56 Å². The molecule has 1 aliphatic rings. The Labute approximate surface area is 123 Å². The van der Waals surface area contributed by atoms with Gasteiger partial charge in [0.1, 0.15) is 0 Å². The van der Waals surface area contributed by atoms with Gasteiger partial charge in [-0.05, 0) is 17.7 Å². The standard InChI is InChI=1S/C15H22BrNO2/c1-14(2,12-4-3-5-13(16)6-12)7-17-8-15(9-18)10-19-11-15/h3-6,17-18H,7-11H2,1-2H3. The number of hydrogen-bond acceptors (Lipinski definition) is 3. The summed E-state index contributed by atoms with van der Waals surface area (Å²) in [6, 6.07) is 8.42. The Morgan fingerprint density at radius 3 is 2.68 bits per heavy atom. The number of hydrogen-bond donors (Lipinski definition) is 2. The molecule has 1 aromatic carbocycles. The summed E-state index contributed by atoms with van der Waals surface area (Å²) in [5.41, 5.74) is 1.30. The summed E-state index contributed by atoms with van der Waals surface area (Å²) < 4.78 is 6.31. The van der Waals surface area contributed by atoms with Crippen LogP contribution in [0.4, 0.5) is 0 Å². The third kappa shape index (κ3) is 3.57. The second-order valence-electron chi connectivity index (χ2n) is 6.15.